The minimum atomic E-state index is -0.105. The molecule has 2 aromatic rings. The smallest absolute Gasteiger partial charge is 0.253 e. The van der Waals surface area contributed by atoms with Crippen molar-refractivity contribution in [3.05, 3.63) is 64.2 Å². The molecule has 7 heteroatoms. The van der Waals surface area contributed by atoms with Crippen molar-refractivity contribution < 1.29 is 19.1 Å². The Morgan fingerprint density at radius 3 is 2.32 bits per heavy atom. The number of carbonyl (C=O) groups is 2. The molecule has 1 aliphatic heterocycles. The van der Waals surface area contributed by atoms with E-state index in [-0.39, 0.29) is 11.8 Å². The van der Waals surface area contributed by atoms with E-state index >= 15 is 0 Å². The van der Waals surface area contributed by atoms with Gasteiger partial charge >= 0.3 is 0 Å². The molecule has 1 heterocycles. The van der Waals surface area contributed by atoms with E-state index in [9.17, 15) is 9.59 Å². The fourth-order valence-corrected chi connectivity index (χ4v) is 3.68. The average Bonchev–Trinajstić information content (AvgIpc) is 2.79. The Hall–Kier alpha value is -2.99. The summed E-state index contributed by atoms with van der Waals surface area (Å²) in [5.74, 6) is 0.902. The van der Waals surface area contributed by atoms with Gasteiger partial charge in [-0.1, -0.05) is 29.3 Å². The van der Waals surface area contributed by atoms with Crippen molar-refractivity contribution in [2.75, 3.05) is 39.9 Å². The molecule has 0 unspecified atom stereocenters. The van der Waals surface area contributed by atoms with Gasteiger partial charge in [-0.2, -0.15) is 0 Å². The van der Waals surface area contributed by atoms with Gasteiger partial charge in [0.15, 0.2) is 11.5 Å². The largest absolute Gasteiger partial charge is 0.493 e. The SMILES string of the molecule is CCOc1c(Cl)cc(/C=C/C(=O)N2CCN(C(=O)c3ccc(C)cc3)CC2)cc1OC. The quantitative estimate of drug-likeness (QED) is 0.633. The highest BCUT2D eigenvalue weighted by Crippen LogP contribution is 2.36. The van der Waals surface area contributed by atoms with Crippen LogP contribution in [-0.2, 0) is 4.79 Å². The molecule has 1 saturated heterocycles. The second kappa shape index (κ2) is 10.4. The molecule has 0 bridgehead atoms. The summed E-state index contributed by atoms with van der Waals surface area (Å²) in [7, 11) is 1.55. The molecule has 0 saturated carbocycles. The maximum atomic E-state index is 12.6. The van der Waals surface area contributed by atoms with E-state index < -0.39 is 0 Å². The van der Waals surface area contributed by atoms with E-state index in [1.807, 2.05) is 38.1 Å². The highest BCUT2D eigenvalue weighted by atomic mass is 35.5. The predicted molar refractivity (Wildman–Crippen MR) is 122 cm³/mol. The average molecular weight is 443 g/mol. The molecule has 1 aliphatic rings. The summed E-state index contributed by atoms with van der Waals surface area (Å²) in [5, 5.41) is 0.427. The number of nitrogens with zero attached hydrogens (tertiary/aromatic N) is 2. The first-order valence-corrected chi connectivity index (χ1v) is 10.6. The molecular weight excluding hydrogens is 416 g/mol. The van der Waals surface area contributed by atoms with Gasteiger partial charge in [-0.25, -0.2) is 0 Å². The van der Waals surface area contributed by atoms with Crippen LogP contribution in [-0.4, -0.2) is 61.5 Å². The number of piperazine rings is 1. The number of methoxy groups -OCH3 is 1. The Bertz CT molecular complexity index is 964. The fourth-order valence-electron chi connectivity index (χ4n) is 3.40. The Kier molecular flexibility index (Phi) is 7.58. The van der Waals surface area contributed by atoms with Gasteiger partial charge < -0.3 is 19.3 Å². The third kappa shape index (κ3) is 5.58. The molecule has 0 aromatic heterocycles. The van der Waals surface area contributed by atoms with Gasteiger partial charge in [0.1, 0.15) is 0 Å². The van der Waals surface area contributed by atoms with Gasteiger partial charge in [-0.05, 0) is 49.8 Å². The van der Waals surface area contributed by atoms with Crippen LogP contribution >= 0.6 is 11.6 Å². The molecule has 0 N–H and O–H groups in total. The maximum Gasteiger partial charge on any atom is 0.253 e. The van der Waals surface area contributed by atoms with Crippen molar-refractivity contribution in [2.45, 2.75) is 13.8 Å². The lowest BCUT2D eigenvalue weighted by Crippen LogP contribution is -2.50. The molecule has 0 atom stereocenters. The lowest BCUT2D eigenvalue weighted by Gasteiger charge is -2.34. The van der Waals surface area contributed by atoms with Crippen molar-refractivity contribution in [1.82, 2.24) is 9.80 Å². The summed E-state index contributed by atoms with van der Waals surface area (Å²) in [6.45, 7) is 6.34. The van der Waals surface area contributed by atoms with Crippen molar-refractivity contribution in [3.63, 3.8) is 0 Å². The molecule has 1 fully saturated rings. The molecule has 2 aromatic carbocycles. The van der Waals surface area contributed by atoms with E-state index in [0.717, 1.165) is 11.1 Å². The summed E-state index contributed by atoms with van der Waals surface area (Å²) >= 11 is 6.29. The fraction of sp³-hybridized carbons (Fsp3) is 0.333. The zero-order valence-corrected chi connectivity index (χ0v) is 18.8. The predicted octanol–water partition coefficient (Wildman–Crippen LogP) is 4.05. The van der Waals surface area contributed by atoms with Crippen LogP contribution in [0.3, 0.4) is 0 Å². The summed E-state index contributed by atoms with van der Waals surface area (Å²) < 4.78 is 10.9. The number of amides is 2. The van der Waals surface area contributed by atoms with E-state index in [2.05, 4.69) is 0 Å². The molecule has 6 nitrogen and oxygen atoms in total. The van der Waals surface area contributed by atoms with Crippen molar-refractivity contribution in [3.8, 4) is 11.5 Å². The Morgan fingerprint density at radius 2 is 1.71 bits per heavy atom. The third-order valence-corrected chi connectivity index (χ3v) is 5.42. The minimum absolute atomic E-state index is 0.00114. The second-order valence-corrected chi connectivity index (χ2v) is 7.69. The van der Waals surface area contributed by atoms with Gasteiger partial charge in [0.2, 0.25) is 5.91 Å². The van der Waals surface area contributed by atoms with Crippen LogP contribution in [0.15, 0.2) is 42.5 Å². The number of ether oxygens (including phenoxy) is 2. The first-order valence-electron chi connectivity index (χ1n) is 10.3. The van der Waals surface area contributed by atoms with Gasteiger partial charge in [-0.15, -0.1) is 0 Å². The second-order valence-electron chi connectivity index (χ2n) is 7.28. The number of hydrogen-bond acceptors (Lipinski definition) is 4. The van der Waals surface area contributed by atoms with Gasteiger partial charge in [0.25, 0.3) is 5.91 Å². The van der Waals surface area contributed by atoms with Crippen molar-refractivity contribution in [2.24, 2.45) is 0 Å². The monoisotopic (exact) mass is 442 g/mol. The van der Waals surface area contributed by atoms with Crippen LogP contribution < -0.4 is 9.47 Å². The summed E-state index contributed by atoms with van der Waals surface area (Å²) in [5.41, 5.74) is 2.53. The van der Waals surface area contributed by atoms with Crippen LogP contribution in [0.2, 0.25) is 5.02 Å². The zero-order valence-electron chi connectivity index (χ0n) is 18.1. The van der Waals surface area contributed by atoms with Crippen LogP contribution in [0.5, 0.6) is 11.5 Å². The first-order chi connectivity index (χ1) is 14.9. The minimum Gasteiger partial charge on any atom is -0.493 e. The molecule has 0 aliphatic carbocycles. The highest BCUT2D eigenvalue weighted by molar-refractivity contribution is 6.32. The van der Waals surface area contributed by atoms with Gasteiger partial charge in [-0.3, -0.25) is 9.59 Å². The Balaban J connectivity index is 1.60. The lowest BCUT2D eigenvalue weighted by molar-refractivity contribution is -0.127. The number of rotatable bonds is 6. The summed E-state index contributed by atoms with van der Waals surface area (Å²) in [4.78, 5) is 28.8. The van der Waals surface area contributed by atoms with Crippen molar-refractivity contribution in [1.29, 1.82) is 0 Å². The number of benzene rings is 2. The van der Waals surface area contributed by atoms with Crippen LogP contribution in [0, 0.1) is 6.92 Å². The van der Waals surface area contributed by atoms with E-state index in [1.165, 1.54) is 6.08 Å². The molecule has 2 amide bonds. The van der Waals surface area contributed by atoms with E-state index in [0.29, 0.717) is 54.9 Å². The molecule has 0 radical (unpaired) electrons. The third-order valence-electron chi connectivity index (χ3n) is 5.14. The molecule has 0 spiro atoms. The number of hydrogen-bond donors (Lipinski definition) is 0. The van der Waals surface area contributed by atoms with Crippen LogP contribution in [0.4, 0.5) is 0 Å². The Labute approximate surface area is 188 Å². The molecule has 31 heavy (non-hydrogen) atoms. The van der Waals surface area contributed by atoms with E-state index in [1.54, 1.807) is 35.1 Å². The maximum absolute atomic E-state index is 12.6. The first kappa shape index (κ1) is 22.7. The van der Waals surface area contributed by atoms with Crippen molar-refractivity contribution >= 4 is 29.5 Å². The number of aryl methyl sites for hydroxylation is 1. The van der Waals surface area contributed by atoms with Crippen LogP contribution in [0.1, 0.15) is 28.4 Å². The lowest BCUT2D eigenvalue weighted by atomic mass is 10.1. The highest BCUT2D eigenvalue weighted by Gasteiger charge is 2.24. The summed E-state index contributed by atoms with van der Waals surface area (Å²) in [6.07, 6.45) is 3.22. The normalized spacial score (nSPS) is 14.1. The molecule has 3 rings (SSSR count). The molecular formula is C24H27ClN2O4. The van der Waals surface area contributed by atoms with Gasteiger partial charge in [0, 0.05) is 37.8 Å². The number of halogens is 1. The topological polar surface area (TPSA) is 59.1 Å². The zero-order chi connectivity index (χ0) is 22.4. The van der Waals surface area contributed by atoms with Crippen LogP contribution in [0.25, 0.3) is 6.08 Å². The van der Waals surface area contributed by atoms with E-state index in [4.69, 9.17) is 21.1 Å². The Morgan fingerprint density at radius 1 is 1.06 bits per heavy atom. The number of carbonyl (C=O) groups excluding carboxylic acids is 2. The molecule has 164 valence electrons. The standard InChI is InChI=1S/C24H27ClN2O4/c1-4-31-23-20(25)15-18(16-21(23)30-3)7-10-22(28)26-11-13-27(14-12-26)24(29)19-8-5-17(2)6-9-19/h5-10,15-16H,4,11-14H2,1-3H3/b10-7+. The summed E-state index contributed by atoms with van der Waals surface area (Å²) in [6, 6.07) is 11.1. The van der Waals surface area contributed by atoms with Gasteiger partial charge in [0.05, 0.1) is 18.7 Å².